The molecule has 0 atom stereocenters. The Bertz CT molecular complexity index is 1300. The first-order valence-corrected chi connectivity index (χ1v) is 14.9. The van der Waals surface area contributed by atoms with Crippen molar-refractivity contribution >= 4 is 50.9 Å². The normalized spacial score (nSPS) is 19.6. The van der Waals surface area contributed by atoms with E-state index in [4.69, 9.17) is 4.74 Å². The van der Waals surface area contributed by atoms with Crippen molar-refractivity contribution < 1.29 is 14.3 Å². The number of pyridine rings is 1. The lowest BCUT2D eigenvalue weighted by Gasteiger charge is -2.47. The second-order valence-corrected chi connectivity index (χ2v) is 13.6. The molecule has 2 aromatic rings. The lowest BCUT2D eigenvalue weighted by molar-refractivity contribution is -0.580. The monoisotopic (exact) mass is 613 g/mol. The molecule has 2 aliphatic heterocycles. The largest absolute Gasteiger partial charge is 0.754 e. The van der Waals surface area contributed by atoms with Crippen LogP contribution in [0.2, 0.25) is 0 Å². The summed E-state index contributed by atoms with van der Waals surface area (Å²) in [5.41, 5.74) is 1.92. The molecule has 1 aliphatic carbocycles. The number of piperazine rings is 1. The standard InChI is InChI=1S/C29H40BrN7O3/c1-19-22-16-32-26(37(39)25(22)35(17-23(19)30)20-9-7-8-10-20)33-24-12-11-21(15-31-24)34-13-14-36(29(5,6)18-34)27(38)40-28(2,3)4/h11-12,15-16,20H,7-10,13-14,17-18H2,1-6H3,(H,31,32,33). The number of ether oxygens (including phenoxy) is 1. The molecule has 1 N–H and O–H groups in total. The number of carbonyl (C=O) groups excluding carboxylic acids is 1. The molecule has 40 heavy (non-hydrogen) atoms. The summed E-state index contributed by atoms with van der Waals surface area (Å²) in [4.78, 5) is 28.1. The lowest BCUT2D eigenvalue weighted by Crippen LogP contribution is -2.61. The number of fused-ring (bicyclic) bond motifs is 1. The van der Waals surface area contributed by atoms with Crippen LogP contribution >= 0.6 is 15.9 Å². The van der Waals surface area contributed by atoms with Gasteiger partial charge >= 0.3 is 12.0 Å². The van der Waals surface area contributed by atoms with E-state index in [1.807, 2.05) is 53.7 Å². The van der Waals surface area contributed by atoms with E-state index in [-0.39, 0.29) is 12.0 Å². The Morgan fingerprint density at radius 3 is 2.52 bits per heavy atom. The van der Waals surface area contributed by atoms with Crippen molar-refractivity contribution in [3.05, 3.63) is 39.8 Å². The number of aromatic nitrogens is 3. The summed E-state index contributed by atoms with van der Waals surface area (Å²) in [5, 5.41) is 16.8. The molecule has 2 aromatic heterocycles. The molecular formula is C29H40BrN7O3. The zero-order chi connectivity index (χ0) is 28.8. The average molecular weight is 615 g/mol. The summed E-state index contributed by atoms with van der Waals surface area (Å²) in [6.07, 6.45) is 7.85. The molecule has 0 spiro atoms. The smallest absolute Gasteiger partial charge is 0.410 e. The molecule has 11 heteroatoms. The second kappa shape index (κ2) is 10.7. The number of allylic oxidation sites excluding steroid dienone is 1. The molecule has 3 aliphatic rings. The summed E-state index contributed by atoms with van der Waals surface area (Å²) >= 11 is 3.72. The van der Waals surface area contributed by atoms with Gasteiger partial charge in [0.1, 0.15) is 11.8 Å². The van der Waals surface area contributed by atoms with Gasteiger partial charge in [-0.3, -0.25) is 4.90 Å². The molecule has 5 rings (SSSR count). The van der Waals surface area contributed by atoms with Gasteiger partial charge in [-0.05, 0) is 72.1 Å². The van der Waals surface area contributed by atoms with Gasteiger partial charge in [0.05, 0.1) is 35.6 Å². The van der Waals surface area contributed by atoms with Crippen molar-refractivity contribution in [1.82, 2.24) is 14.9 Å². The van der Waals surface area contributed by atoms with Crippen LogP contribution in [0, 0.1) is 5.21 Å². The van der Waals surface area contributed by atoms with Gasteiger partial charge in [-0.15, -0.1) is 4.98 Å². The van der Waals surface area contributed by atoms with E-state index in [9.17, 15) is 10.0 Å². The second-order valence-electron chi connectivity index (χ2n) is 12.6. The molecule has 4 heterocycles. The highest BCUT2D eigenvalue weighted by Crippen LogP contribution is 2.39. The molecule has 0 unspecified atom stereocenters. The Morgan fingerprint density at radius 1 is 1.18 bits per heavy atom. The number of rotatable bonds is 4. The van der Waals surface area contributed by atoms with Crippen LogP contribution in [0.1, 0.15) is 72.8 Å². The Balaban J connectivity index is 1.31. The van der Waals surface area contributed by atoms with Gasteiger partial charge in [0, 0.05) is 24.1 Å². The minimum absolute atomic E-state index is 0.208. The summed E-state index contributed by atoms with van der Waals surface area (Å²) < 4.78 is 7.64. The number of anilines is 4. The third-order valence-electron chi connectivity index (χ3n) is 7.97. The molecule has 1 saturated heterocycles. The molecule has 10 nitrogen and oxygen atoms in total. The zero-order valence-electron chi connectivity index (χ0n) is 24.3. The van der Waals surface area contributed by atoms with Crippen LogP contribution in [-0.2, 0) is 4.74 Å². The van der Waals surface area contributed by atoms with Crippen LogP contribution in [0.15, 0.2) is 29.0 Å². The molecule has 216 valence electrons. The fourth-order valence-corrected chi connectivity index (χ4v) is 6.35. The maximum atomic E-state index is 13.6. The van der Waals surface area contributed by atoms with Crippen molar-refractivity contribution in [2.24, 2.45) is 0 Å². The maximum Gasteiger partial charge on any atom is 0.410 e. The maximum absolute atomic E-state index is 13.6. The lowest BCUT2D eigenvalue weighted by atomic mass is 9.99. The van der Waals surface area contributed by atoms with E-state index in [0.717, 1.165) is 38.9 Å². The van der Waals surface area contributed by atoms with Gasteiger partial charge in [-0.25, -0.2) is 19.8 Å². The van der Waals surface area contributed by atoms with Crippen LogP contribution in [-0.4, -0.2) is 64.3 Å². The summed E-state index contributed by atoms with van der Waals surface area (Å²) in [6, 6.07) is 4.20. The Labute approximate surface area is 245 Å². The number of carbonyl (C=O) groups is 1. The molecule has 1 amide bonds. The summed E-state index contributed by atoms with van der Waals surface area (Å²) in [6.45, 7) is 14.3. The van der Waals surface area contributed by atoms with Crippen molar-refractivity contribution in [2.75, 3.05) is 41.3 Å². The van der Waals surface area contributed by atoms with Crippen LogP contribution < -0.4 is 19.8 Å². The van der Waals surface area contributed by atoms with Crippen molar-refractivity contribution in [1.29, 1.82) is 0 Å². The molecule has 1 saturated carbocycles. The molecule has 2 fully saturated rings. The highest BCUT2D eigenvalue weighted by molar-refractivity contribution is 9.11. The first kappa shape index (κ1) is 28.4. The van der Waals surface area contributed by atoms with Crippen LogP contribution in [0.3, 0.4) is 0 Å². The van der Waals surface area contributed by atoms with Gasteiger partial charge in [0.25, 0.3) is 0 Å². The molecule has 0 radical (unpaired) electrons. The van der Waals surface area contributed by atoms with Crippen LogP contribution in [0.5, 0.6) is 0 Å². The van der Waals surface area contributed by atoms with Crippen LogP contribution in [0.4, 0.5) is 28.1 Å². The van der Waals surface area contributed by atoms with E-state index in [1.54, 1.807) is 17.3 Å². The predicted molar refractivity (Wildman–Crippen MR) is 161 cm³/mol. The highest BCUT2D eigenvalue weighted by atomic mass is 79.9. The fourth-order valence-electron chi connectivity index (χ4n) is 5.86. The third-order valence-corrected chi connectivity index (χ3v) is 8.81. The fraction of sp³-hybridized carbons (Fsp3) is 0.586. The summed E-state index contributed by atoms with van der Waals surface area (Å²) in [5.74, 6) is 1.41. The van der Waals surface area contributed by atoms with Gasteiger partial charge in [-0.2, -0.15) is 0 Å². The average Bonchev–Trinajstić information content (AvgIpc) is 3.41. The minimum Gasteiger partial charge on any atom is -0.754 e. The van der Waals surface area contributed by atoms with Gasteiger partial charge in [-0.1, -0.05) is 28.8 Å². The third kappa shape index (κ3) is 5.70. The number of nitrogens with zero attached hydrogens (tertiary/aromatic N) is 6. The number of hydrogen-bond acceptors (Lipinski definition) is 8. The quantitative estimate of drug-likeness (QED) is 0.352. The number of halogens is 1. The zero-order valence-corrected chi connectivity index (χ0v) is 25.9. The van der Waals surface area contributed by atoms with Crippen molar-refractivity contribution in [3.8, 4) is 0 Å². The predicted octanol–water partition coefficient (Wildman–Crippen LogP) is 5.58. The Hall–Kier alpha value is -3.08. The van der Waals surface area contributed by atoms with E-state index >= 15 is 0 Å². The molecular weight excluding hydrogens is 574 g/mol. The molecule has 0 bridgehead atoms. The SMILES string of the molecule is CC1=C(Br)CN(C2CCCC2)c2c1cnc(Nc1ccc(N3CCN(C(=O)OC(C)(C)C)C(C)(C)C3)cn1)[n+]2[O-]. The van der Waals surface area contributed by atoms with Crippen LogP contribution in [0.25, 0.3) is 5.57 Å². The first-order valence-electron chi connectivity index (χ1n) is 14.1. The van der Waals surface area contributed by atoms with Gasteiger partial charge in [0.2, 0.25) is 5.82 Å². The van der Waals surface area contributed by atoms with Crippen molar-refractivity contribution in [3.63, 3.8) is 0 Å². The first-order chi connectivity index (χ1) is 18.8. The summed E-state index contributed by atoms with van der Waals surface area (Å²) in [7, 11) is 0. The Morgan fingerprint density at radius 2 is 1.90 bits per heavy atom. The van der Waals surface area contributed by atoms with E-state index in [1.165, 1.54) is 12.8 Å². The van der Waals surface area contributed by atoms with Gasteiger partial charge in [0.15, 0.2) is 5.82 Å². The topological polar surface area (TPSA) is 101 Å². The van der Waals surface area contributed by atoms with E-state index in [2.05, 4.69) is 41.0 Å². The number of hydrogen-bond donors (Lipinski definition) is 1. The minimum atomic E-state index is -0.534. The van der Waals surface area contributed by atoms with E-state index < -0.39 is 11.1 Å². The number of nitrogens with one attached hydrogen (secondary N) is 1. The van der Waals surface area contributed by atoms with E-state index in [0.29, 0.717) is 43.9 Å². The number of amides is 1. The molecule has 0 aromatic carbocycles. The van der Waals surface area contributed by atoms with Crippen molar-refractivity contribution in [2.45, 2.75) is 84.4 Å². The Kier molecular flexibility index (Phi) is 7.62. The highest BCUT2D eigenvalue weighted by Gasteiger charge is 2.39. The van der Waals surface area contributed by atoms with Gasteiger partial charge < -0.3 is 19.7 Å².